The zero-order valence-corrected chi connectivity index (χ0v) is 14.1. The van der Waals surface area contributed by atoms with Crippen LogP contribution in [0, 0.1) is 13.8 Å². The van der Waals surface area contributed by atoms with Crippen LogP contribution in [0.1, 0.15) is 46.1 Å². The lowest BCUT2D eigenvalue weighted by Gasteiger charge is -2.09. The van der Waals surface area contributed by atoms with E-state index in [1.807, 2.05) is 39.1 Å². The Morgan fingerprint density at radius 3 is 2.54 bits per heavy atom. The van der Waals surface area contributed by atoms with Crippen molar-refractivity contribution >= 4 is 22.6 Å². The van der Waals surface area contributed by atoms with Gasteiger partial charge in [-0.3, -0.25) is 9.48 Å². The van der Waals surface area contributed by atoms with Crippen LogP contribution in [0.3, 0.4) is 0 Å². The minimum Gasteiger partial charge on any atom is -0.320 e. The molecule has 2 heterocycles. The third-order valence-electron chi connectivity index (χ3n) is 4.66. The van der Waals surface area contributed by atoms with Crippen LogP contribution in [-0.2, 0) is 7.05 Å². The normalized spacial score (nSPS) is 14.1. The number of pyridine rings is 1. The summed E-state index contributed by atoms with van der Waals surface area (Å²) in [5.74, 6) is 0.590. The average molecular weight is 320 g/mol. The van der Waals surface area contributed by atoms with E-state index in [-0.39, 0.29) is 5.91 Å². The van der Waals surface area contributed by atoms with Gasteiger partial charge in [-0.1, -0.05) is 12.1 Å². The number of nitrogens with zero attached hydrogens (tertiary/aromatic N) is 3. The molecule has 1 aliphatic carbocycles. The van der Waals surface area contributed by atoms with Gasteiger partial charge in [0, 0.05) is 18.0 Å². The molecular formula is C19H20N4O. The number of hydrogen-bond acceptors (Lipinski definition) is 3. The van der Waals surface area contributed by atoms with E-state index in [0.717, 1.165) is 28.1 Å². The van der Waals surface area contributed by atoms with Gasteiger partial charge in [0.2, 0.25) is 0 Å². The zero-order valence-electron chi connectivity index (χ0n) is 14.1. The molecule has 2 aromatic heterocycles. The van der Waals surface area contributed by atoms with E-state index >= 15 is 0 Å². The van der Waals surface area contributed by atoms with Crippen molar-refractivity contribution in [2.24, 2.45) is 7.05 Å². The van der Waals surface area contributed by atoms with Gasteiger partial charge < -0.3 is 5.32 Å². The Balaban J connectivity index is 1.61. The first-order valence-electron chi connectivity index (χ1n) is 8.25. The fraction of sp³-hybridized carbons (Fsp3) is 0.316. The summed E-state index contributed by atoms with van der Waals surface area (Å²) in [5, 5.41) is 8.32. The lowest BCUT2D eigenvalue weighted by atomic mass is 10.1. The molecule has 5 heteroatoms. The van der Waals surface area contributed by atoms with Crippen molar-refractivity contribution in [1.82, 2.24) is 14.8 Å². The smallest absolute Gasteiger partial charge is 0.255 e. The van der Waals surface area contributed by atoms with Crippen LogP contribution < -0.4 is 5.32 Å². The summed E-state index contributed by atoms with van der Waals surface area (Å²) >= 11 is 0. The second-order valence-electron chi connectivity index (χ2n) is 6.55. The minimum atomic E-state index is -0.108. The summed E-state index contributed by atoms with van der Waals surface area (Å²) in [5.41, 5.74) is 5.25. The lowest BCUT2D eigenvalue weighted by Crippen LogP contribution is -2.13. The van der Waals surface area contributed by atoms with Gasteiger partial charge in [-0.2, -0.15) is 5.10 Å². The van der Waals surface area contributed by atoms with Gasteiger partial charge >= 0.3 is 0 Å². The van der Waals surface area contributed by atoms with E-state index in [9.17, 15) is 4.79 Å². The van der Waals surface area contributed by atoms with Crippen molar-refractivity contribution in [3.63, 3.8) is 0 Å². The molecule has 0 unspecified atom stereocenters. The van der Waals surface area contributed by atoms with E-state index < -0.39 is 0 Å². The molecule has 1 amide bonds. The Morgan fingerprint density at radius 1 is 1.17 bits per heavy atom. The molecule has 1 aromatic carbocycles. The van der Waals surface area contributed by atoms with Crippen LogP contribution in [0.2, 0.25) is 0 Å². The molecule has 24 heavy (non-hydrogen) atoms. The Bertz CT molecular complexity index is 936. The topological polar surface area (TPSA) is 59.8 Å². The Labute approximate surface area is 140 Å². The van der Waals surface area contributed by atoms with E-state index in [4.69, 9.17) is 0 Å². The molecule has 1 N–H and O–H groups in total. The van der Waals surface area contributed by atoms with Crippen LogP contribution in [0.15, 0.2) is 30.3 Å². The van der Waals surface area contributed by atoms with Crippen LogP contribution in [0.4, 0.5) is 5.69 Å². The van der Waals surface area contributed by atoms with Gasteiger partial charge in [0.15, 0.2) is 5.65 Å². The number of fused-ring (bicyclic) bond motifs is 1. The van der Waals surface area contributed by atoms with Crippen molar-refractivity contribution in [1.29, 1.82) is 0 Å². The average Bonchev–Trinajstić information content (AvgIpc) is 3.37. The third-order valence-corrected chi connectivity index (χ3v) is 4.66. The number of nitrogens with one attached hydrogen (secondary N) is 1. The molecule has 0 spiro atoms. The van der Waals surface area contributed by atoms with Gasteiger partial charge in [0.1, 0.15) is 0 Å². The standard InChI is InChI=1S/C19H20N4O/c1-11-16-10-17(12(2)20-18(16)23(3)22-11)21-19(24)15-8-6-14(7-9-15)13-4-5-13/h6-10,13H,4-5H2,1-3H3,(H,21,24). The predicted octanol–water partition coefficient (Wildman–Crippen LogP) is 3.71. The SMILES string of the molecule is Cc1nc2c(cc1NC(=O)c1ccc(C3CC3)cc1)c(C)nn2C. The van der Waals surface area contributed by atoms with Crippen molar-refractivity contribution in [3.8, 4) is 0 Å². The quantitative estimate of drug-likeness (QED) is 0.800. The molecule has 0 radical (unpaired) electrons. The molecule has 5 nitrogen and oxygen atoms in total. The zero-order chi connectivity index (χ0) is 16.8. The summed E-state index contributed by atoms with van der Waals surface area (Å²) < 4.78 is 1.76. The molecule has 0 bridgehead atoms. The summed E-state index contributed by atoms with van der Waals surface area (Å²) in [6.45, 7) is 3.84. The van der Waals surface area contributed by atoms with Crippen molar-refractivity contribution < 1.29 is 4.79 Å². The molecule has 4 rings (SSSR count). The lowest BCUT2D eigenvalue weighted by molar-refractivity contribution is 0.102. The number of aryl methyl sites for hydroxylation is 3. The summed E-state index contributed by atoms with van der Waals surface area (Å²) in [7, 11) is 1.88. The number of aromatic nitrogens is 3. The number of carbonyl (C=O) groups excluding carboxylic acids is 1. The van der Waals surface area contributed by atoms with Crippen LogP contribution in [-0.4, -0.2) is 20.7 Å². The Kier molecular flexibility index (Phi) is 3.37. The minimum absolute atomic E-state index is 0.108. The fourth-order valence-corrected chi connectivity index (χ4v) is 3.08. The maximum Gasteiger partial charge on any atom is 0.255 e. The largest absolute Gasteiger partial charge is 0.320 e. The van der Waals surface area contributed by atoms with E-state index in [2.05, 4.69) is 27.5 Å². The second-order valence-corrected chi connectivity index (χ2v) is 6.55. The number of rotatable bonds is 3. The first-order valence-corrected chi connectivity index (χ1v) is 8.25. The third kappa shape index (κ3) is 2.56. The molecule has 1 aliphatic rings. The molecule has 0 aliphatic heterocycles. The maximum atomic E-state index is 12.5. The van der Waals surface area contributed by atoms with Crippen LogP contribution in [0.25, 0.3) is 11.0 Å². The highest BCUT2D eigenvalue weighted by Gasteiger charge is 2.23. The van der Waals surface area contributed by atoms with Crippen molar-refractivity contribution in [2.45, 2.75) is 32.6 Å². The monoisotopic (exact) mass is 320 g/mol. The number of anilines is 1. The maximum absolute atomic E-state index is 12.5. The summed E-state index contributed by atoms with van der Waals surface area (Å²) in [6.07, 6.45) is 2.53. The highest BCUT2D eigenvalue weighted by Crippen LogP contribution is 2.39. The van der Waals surface area contributed by atoms with Gasteiger partial charge in [0.05, 0.1) is 17.1 Å². The van der Waals surface area contributed by atoms with Gasteiger partial charge in [0.25, 0.3) is 5.91 Å². The van der Waals surface area contributed by atoms with Crippen molar-refractivity contribution in [2.75, 3.05) is 5.32 Å². The number of carbonyl (C=O) groups is 1. The van der Waals surface area contributed by atoms with Crippen LogP contribution in [0.5, 0.6) is 0 Å². The van der Waals surface area contributed by atoms with E-state index in [0.29, 0.717) is 11.5 Å². The molecule has 1 fully saturated rings. The first kappa shape index (κ1) is 14.9. The Morgan fingerprint density at radius 2 is 1.88 bits per heavy atom. The molecule has 122 valence electrons. The molecule has 0 atom stereocenters. The van der Waals surface area contributed by atoms with Crippen molar-refractivity contribution in [3.05, 3.63) is 52.8 Å². The second kappa shape index (κ2) is 5.44. The molecule has 1 saturated carbocycles. The molecule has 0 saturated heterocycles. The predicted molar refractivity (Wildman–Crippen MR) is 94.4 cm³/mol. The summed E-state index contributed by atoms with van der Waals surface area (Å²) in [6, 6.07) is 9.88. The number of benzene rings is 1. The van der Waals surface area contributed by atoms with E-state index in [1.165, 1.54) is 18.4 Å². The van der Waals surface area contributed by atoms with Gasteiger partial charge in [-0.05, 0) is 56.4 Å². The van der Waals surface area contributed by atoms with E-state index in [1.54, 1.807) is 4.68 Å². The first-order chi connectivity index (χ1) is 11.5. The van der Waals surface area contributed by atoms with Gasteiger partial charge in [-0.25, -0.2) is 4.98 Å². The molecular weight excluding hydrogens is 300 g/mol. The summed E-state index contributed by atoms with van der Waals surface area (Å²) in [4.78, 5) is 17.1. The number of hydrogen-bond donors (Lipinski definition) is 1. The van der Waals surface area contributed by atoms with Crippen LogP contribution >= 0.6 is 0 Å². The van der Waals surface area contributed by atoms with Gasteiger partial charge in [-0.15, -0.1) is 0 Å². The Hall–Kier alpha value is -2.69. The molecule has 3 aromatic rings. The highest BCUT2D eigenvalue weighted by atomic mass is 16.1. The highest BCUT2D eigenvalue weighted by molar-refractivity contribution is 6.05. The fourth-order valence-electron chi connectivity index (χ4n) is 3.08. The number of amides is 1.